The number of hydrogen-bond donors (Lipinski definition) is 1. The predicted molar refractivity (Wildman–Crippen MR) is 78.5 cm³/mol. The van der Waals surface area contributed by atoms with Gasteiger partial charge >= 0.3 is 0 Å². The fraction of sp³-hybridized carbons (Fsp3) is 0.600. The van der Waals surface area contributed by atoms with Crippen molar-refractivity contribution in [1.82, 2.24) is 0 Å². The third-order valence-corrected chi connectivity index (χ3v) is 4.50. The monoisotopic (exact) mass is 295 g/mol. The maximum absolute atomic E-state index is 3.62. The van der Waals surface area contributed by atoms with Crippen LogP contribution in [-0.4, -0.2) is 6.54 Å². The summed E-state index contributed by atoms with van der Waals surface area (Å²) in [6, 6.07) is 6.51. The zero-order chi connectivity index (χ0) is 12.3. The van der Waals surface area contributed by atoms with E-state index in [4.69, 9.17) is 0 Å². The molecule has 0 unspecified atom stereocenters. The molecular weight excluding hydrogens is 274 g/mol. The molecule has 0 aromatic heterocycles. The lowest BCUT2D eigenvalue weighted by molar-refractivity contribution is 0.300. The van der Waals surface area contributed by atoms with Gasteiger partial charge < -0.3 is 5.32 Å². The average molecular weight is 296 g/mol. The Balaban J connectivity index is 1.85. The van der Waals surface area contributed by atoms with Crippen LogP contribution in [0.3, 0.4) is 0 Å². The van der Waals surface area contributed by atoms with Gasteiger partial charge in [0.05, 0.1) is 0 Å². The van der Waals surface area contributed by atoms with E-state index < -0.39 is 0 Å². The maximum atomic E-state index is 3.62. The Kier molecular flexibility index (Phi) is 4.49. The van der Waals surface area contributed by atoms with Crippen molar-refractivity contribution in [3.05, 3.63) is 28.2 Å². The van der Waals surface area contributed by atoms with Gasteiger partial charge in [-0.3, -0.25) is 0 Å². The highest BCUT2D eigenvalue weighted by molar-refractivity contribution is 9.10. The number of rotatable bonds is 3. The Bertz CT molecular complexity index is 367. The van der Waals surface area contributed by atoms with Crippen LogP contribution < -0.4 is 5.32 Å². The maximum Gasteiger partial charge on any atom is 0.0484 e. The molecule has 17 heavy (non-hydrogen) atoms. The molecule has 0 amide bonds. The van der Waals surface area contributed by atoms with Crippen molar-refractivity contribution in [1.29, 1.82) is 0 Å². The summed E-state index contributed by atoms with van der Waals surface area (Å²) in [6.07, 6.45) is 5.58. The first-order valence-corrected chi connectivity index (χ1v) is 7.44. The normalized spacial score (nSPS) is 24.6. The van der Waals surface area contributed by atoms with Crippen molar-refractivity contribution in [2.45, 2.75) is 39.5 Å². The van der Waals surface area contributed by atoms with E-state index in [1.165, 1.54) is 41.4 Å². The van der Waals surface area contributed by atoms with E-state index in [0.717, 1.165) is 18.4 Å². The molecular formula is C15H22BrN. The summed E-state index contributed by atoms with van der Waals surface area (Å²) < 4.78 is 1.18. The molecule has 94 valence electrons. The summed E-state index contributed by atoms with van der Waals surface area (Å²) in [5.74, 6) is 1.80. The summed E-state index contributed by atoms with van der Waals surface area (Å²) in [5.41, 5.74) is 2.53. The first-order chi connectivity index (χ1) is 8.15. The zero-order valence-corrected chi connectivity index (χ0v) is 12.4. The molecule has 2 heteroatoms. The van der Waals surface area contributed by atoms with Gasteiger partial charge in [-0.2, -0.15) is 0 Å². The summed E-state index contributed by atoms with van der Waals surface area (Å²) in [4.78, 5) is 0. The highest BCUT2D eigenvalue weighted by Gasteiger charge is 2.17. The van der Waals surface area contributed by atoms with Crippen molar-refractivity contribution in [2.24, 2.45) is 11.8 Å². The quantitative estimate of drug-likeness (QED) is 0.828. The molecule has 1 nitrogen and oxygen atoms in total. The van der Waals surface area contributed by atoms with E-state index in [0.29, 0.717) is 0 Å². The Morgan fingerprint density at radius 3 is 2.59 bits per heavy atom. The molecule has 1 aromatic rings. The second kappa shape index (κ2) is 5.90. The van der Waals surface area contributed by atoms with Crippen LogP contribution in [-0.2, 0) is 0 Å². The number of nitrogens with one attached hydrogen (secondary N) is 1. The van der Waals surface area contributed by atoms with Gasteiger partial charge in [0.2, 0.25) is 0 Å². The lowest BCUT2D eigenvalue weighted by Crippen LogP contribution is -2.20. The fourth-order valence-electron chi connectivity index (χ4n) is 2.55. The topological polar surface area (TPSA) is 12.0 Å². The van der Waals surface area contributed by atoms with Gasteiger partial charge in [0.25, 0.3) is 0 Å². The zero-order valence-electron chi connectivity index (χ0n) is 10.8. The summed E-state index contributed by atoms with van der Waals surface area (Å²) in [7, 11) is 0. The van der Waals surface area contributed by atoms with Crippen molar-refractivity contribution < 1.29 is 0 Å². The van der Waals surface area contributed by atoms with Gasteiger partial charge in [0.15, 0.2) is 0 Å². The van der Waals surface area contributed by atoms with Crippen LogP contribution >= 0.6 is 15.9 Å². The molecule has 0 bridgehead atoms. The highest BCUT2D eigenvalue weighted by Crippen LogP contribution is 2.29. The van der Waals surface area contributed by atoms with Gasteiger partial charge in [0, 0.05) is 16.7 Å². The van der Waals surface area contributed by atoms with Gasteiger partial charge in [0.1, 0.15) is 0 Å². The second-order valence-electron chi connectivity index (χ2n) is 5.49. The van der Waals surface area contributed by atoms with Gasteiger partial charge in [-0.25, -0.2) is 0 Å². The molecule has 0 saturated heterocycles. The molecule has 0 aliphatic heterocycles. The SMILES string of the molecule is Cc1ccc(NCC2CCC(C)CC2)c(Br)c1. The summed E-state index contributed by atoms with van der Waals surface area (Å²) in [5, 5.41) is 3.58. The van der Waals surface area contributed by atoms with Crippen LogP contribution in [0.4, 0.5) is 5.69 Å². The molecule has 2 rings (SSSR count). The van der Waals surface area contributed by atoms with E-state index >= 15 is 0 Å². The van der Waals surface area contributed by atoms with E-state index in [-0.39, 0.29) is 0 Å². The lowest BCUT2D eigenvalue weighted by Gasteiger charge is -2.26. The molecule has 1 N–H and O–H groups in total. The van der Waals surface area contributed by atoms with Gasteiger partial charge in [-0.1, -0.05) is 25.8 Å². The first-order valence-electron chi connectivity index (χ1n) is 6.65. The Labute approximate surface area is 113 Å². The predicted octanol–water partition coefficient (Wildman–Crippen LogP) is 5.00. The molecule has 0 heterocycles. The largest absolute Gasteiger partial charge is 0.384 e. The summed E-state index contributed by atoms with van der Waals surface area (Å²) >= 11 is 3.62. The number of halogens is 1. The molecule has 0 spiro atoms. The molecule has 1 aromatic carbocycles. The first kappa shape index (κ1) is 12.9. The van der Waals surface area contributed by atoms with Crippen molar-refractivity contribution >= 4 is 21.6 Å². The molecule has 1 aliphatic carbocycles. The van der Waals surface area contributed by atoms with Crippen molar-refractivity contribution in [3.8, 4) is 0 Å². The minimum atomic E-state index is 0.861. The minimum Gasteiger partial charge on any atom is -0.384 e. The van der Waals surface area contributed by atoms with E-state index in [1.54, 1.807) is 0 Å². The van der Waals surface area contributed by atoms with Crippen molar-refractivity contribution in [2.75, 3.05) is 11.9 Å². The smallest absolute Gasteiger partial charge is 0.0484 e. The van der Waals surface area contributed by atoms with Crippen LogP contribution in [0.1, 0.15) is 38.2 Å². The molecule has 1 fully saturated rings. The summed E-state index contributed by atoms with van der Waals surface area (Å²) in [6.45, 7) is 5.62. The number of benzene rings is 1. The van der Waals surface area contributed by atoms with Gasteiger partial charge in [-0.15, -0.1) is 0 Å². The van der Waals surface area contributed by atoms with Gasteiger partial charge in [-0.05, 0) is 65.2 Å². The van der Waals surface area contributed by atoms with Crippen LogP contribution in [0.15, 0.2) is 22.7 Å². The average Bonchev–Trinajstić information content (AvgIpc) is 2.30. The standard InChI is InChI=1S/C15H22BrN/c1-11-3-6-13(7-4-11)10-17-15-8-5-12(2)9-14(15)16/h5,8-9,11,13,17H,3-4,6-7,10H2,1-2H3. The number of aryl methyl sites for hydroxylation is 1. The van der Waals surface area contributed by atoms with Crippen molar-refractivity contribution in [3.63, 3.8) is 0 Å². The van der Waals surface area contributed by atoms with Crippen LogP contribution in [0.25, 0.3) is 0 Å². The number of hydrogen-bond acceptors (Lipinski definition) is 1. The number of anilines is 1. The molecule has 1 saturated carbocycles. The third-order valence-electron chi connectivity index (χ3n) is 3.84. The molecule has 0 radical (unpaired) electrons. The highest BCUT2D eigenvalue weighted by atomic mass is 79.9. The molecule has 0 atom stereocenters. The fourth-order valence-corrected chi connectivity index (χ4v) is 3.18. The third kappa shape index (κ3) is 3.74. The van der Waals surface area contributed by atoms with Crippen LogP contribution in [0.5, 0.6) is 0 Å². The Morgan fingerprint density at radius 2 is 1.94 bits per heavy atom. The lowest BCUT2D eigenvalue weighted by atomic mass is 9.83. The minimum absolute atomic E-state index is 0.861. The molecule has 1 aliphatic rings. The van der Waals surface area contributed by atoms with E-state index in [9.17, 15) is 0 Å². The van der Waals surface area contributed by atoms with Crippen LogP contribution in [0, 0.1) is 18.8 Å². The van der Waals surface area contributed by atoms with E-state index in [2.05, 4.69) is 53.3 Å². The Hall–Kier alpha value is -0.500. The van der Waals surface area contributed by atoms with E-state index in [1.807, 2.05) is 0 Å². The van der Waals surface area contributed by atoms with Crippen LogP contribution in [0.2, 0.25) is 0 Å². The second-order valence-corrected chi connectivity index (χ2v) is 6.34. The Morgan fingerprint density at radius 1 is 1.24 bits per heavy atom.